The second-order valence-electron chi connectivity index (χ2n) is 3.82. The van der Waals surface area contributed by atoms with Gasteiger partial charge >= 0.3 is 0 Å². The normalized spacial score (nSPS) is 10.3. The molecule has 1 aromatic carbocycles. The summed E-state index contributed by atoms with van der Waals surface area (Å²) < 4.78 is 12.9. The van der Waals surface area contributed by atoms with Crippen LogP contribution in [-0.4, -0.2) is 5.78 Å². The van der Waals surface area contributed by atoms with Crippen molar-refractivity contribution in [3.63, 3.8) is 0 Å². The zero-order valence-corrected chi connectivity index (χ0v) is 9.35. The lowest BCUT2D eigenvalue weighted by Gasteiger charge is -2.05. The van der Waals surface area contributed by atoms with Crippen LogP contribution in [0.15, 0.2) is 18.2 Å². The summed E-state index contributed by atoms with van der Waals surface area (Å²) >= 11 is 0. The van der Waals surface area contributed by atoms with Crippen LogP contribution in [-0.2, 0) is 11.2 Å². The Bertz CT molecular complexity index is 344. The number of benzene rings is 1. The maximum atomic E-state index is 12.9. The van der Waals surface area contributed by atoms with Gasteiger partial charge in [-0.15, -0.1) is 0 Å². The van der Waals surface area contributed by atoms with E-state index < -0.39 is 0 Å². The van der Waals surface area contributed by atoms with E-state index in [-0.39, 0.29) is 11.6 Å². The minimum absolute atomic E-state index is 0.197. The van der Waals surface area contributed by atoms with Crippen LogP contribution in [0.4, 0.5) is 4.39 Å². The predicted octanol–water partition coefficient (Wildman–Crippen LogP) is 3.44. The Kier molecular flexibility index (Phi) is 4.47. The molecule has 0 spiro atoms. The molecule has 1 nitrogen and oxygen atoms in total. The molecule has 82 valence electrons. The number of aryl methyl sites for hydroxylation is 2. The third-order valence-corrected chi connectivity index (χ3v) is 2.61. The van der Waals surface area contributed by atoms with Crippen molar-refractivity contribution in [1.82, 2.24) is 0 Å². The number of ketones is 1. The lowest BCUT2D eigenvalue weighted by atomic mass is 10.0. The molecular weight excluding hydrogens is 191 g/mol. The highest BCUT2D eigenvalue weighted by atomic mass is 19.1. The average Bonchev–Trinajstić information content (AvgIpc) is 2.23. The molecule has 0 saturated carbocycles. The molecule has 0 atom stereocenters. The molecular formula is C13H17FO. The van der Waals surface area contributed by atoms with Gasteiger partial charge in [-0.2, -0.15) is 0 Å². The minimum Gasteiger partial charge on any atom is -0.300 e. The fourth-order valence-corrected chi connectivity index (χ4v) is 1.56. The van der Waals surface area contributed by atoms with Gasteiger partial charge in [-0.3, -0.25) is 4.79 Å². The van der Waals surface area contributed by atoms with Gasteiger partial charge in [-0.05, 0) is 43.0 Å². The SMILES string of the molecule is CCC(=O)CCCc1cc(F)ccc1C. The van der Waals surface area contributed by atoms with Crippen LogP contribution in [0, 0.1) is 12.7 Å². The monoisotopic (exact) mass is 208 g/mol. The molecule has 0 aromatic heterocycles. The highest BCUT2D eigenvalue weighted by Gasteiger charge is 2.02. The highest BCUT2D eigenvalue weighted by Crippen LogP contribution is 2.13. The van der Waals surface area contributed by atoms with Crippen molar-refractivity contribution in [3.05, 3.63) is 35.1 Å². The largest absolute Gasteiger partial charge is 0.300 e. The molecule has 0 amide bonds. The van der Waals surface area contributed by atoms with Crippen molar-refractivity contribution in [1.29, 1.82) is 0 Å². The standard InChI is InChI=1S/C13H17FO/c1-3-13(15)6-4-5-11-9-12(14)8-7-10(11)2/h7-9H,3-6H2,1-2H3. The molecule has 0 heterocycles. The third-order valence-electron chi connectivity index (χ3n) is 2.61. The molecule has 0 unspecified atom stereocenters. The Morgan fingerprint density at radius 2 is 2.13 bits per heavy atom. The predicted molar refractivity (Wildman–Crippen MR) is 59.4 cm³/mol. The van der Waals surface area contributed by atoms with Crippen LogP contribution >= 0.6 is 0 Å². The number of hydrogen-bond acceptors (Lipinski definition) is 1. The van der Waals surface area contributed by atoms with Gasteiger partial charge in [0.25, 0.3) is 0 Å². The molecule has 1 aromatic rings. The van der Waals surface area contributed by atoms with Gasteiger partial charge in [0.05, 0.1) is 0 Å². The van der Waals surface area contributed by atoms with Gasteiger partial charge in [0.1, 0.15) is 11.6 Å². The van der Waals surface area contributed by atoms with Gasteiger partial charge in [0, 0.05) is 12.8 Å². The van der Waals surface area contributed by atoms with Crippen LogP contribution in [0.2, 0.25) is 0 Å². The van der Waals surface area contributed by atoms with E-state index >= 15 is 0 Å². The highest BCUT2D eigenvalue weighted by molar-refractivity contribution is 5.77. The third kappa shape index (κ3) is 3.82. The molecule has 0 saturated heterocycles. The zero-order chi connectivity index (χ0) is 11.3. The van der Waals surface area contributed by atoms with Crippen LogP contribution in [0.1, 0.15) is 37.3 Å². The second-order valence-corrected chi connectivity index (χ2v) is 3.82. The Labute approximate surface area is 90.3 Å². The molecule has 0 aliphatic heterocycles. The summed E-state index contributed by atoms with van der Waals surface area (Å²) in [5, 5.41) is 0. The molecule has 0 fully saturated rings. The molecule has 15 heavy (non-hydrogen) atoms. The fraction of sp³-hybridized carbons (Fsp3) is 0.462. The molecule has 0 N–H and O–H groups in total. The van der Waals surface area contributed by atoms with Crippen LogP contribution < -0.4 is 0 Å². The first-order valence-corrected chi connectivity index (χ1v) is 5.40. The number of halogens is 1. The number of carbonyl (C=O) groups is 1. The molecule has 1 rings (SSSR count). The topological polar surface area (TPSA) is 17.1 Å². The van der Waals surface area contributed by atoms with Gasteiger partial charge in [0.15, 0.2) is 0 Å². The smallest absolute Gasteiger partial charge is 0.132 e. The van der Waals surface area contributed by atoms with Gasteiger partial charge < -0.3 is 0 Å². The van der Waals surface area contributed by atoms with Gasteiger partial charge in [-0.1, -0.05) is 13.0 Å². The Balaban J connectivity index is 2.50. The van der Waals surface area contributed by atoms with E-state index in [1.165, 1.54) is 6.07 Å². The first-order chi connectivity index (χ1) is 7.13. The summed E-state index contributed by atoms with van der Waals surface area (Å²) in [6.45, 7) is 3.84. The fourth-order valence-electron chi connectivity index (χ4n) is 1.56. The first-order valence-electron chi connectivity index (χ1n) is 5.40. The van der Waals surface area contributed by atoms with Crippen molar-refractivity contribution in [2.24, 2.45) is 0 Å². The summed E-state index contributed by atoms with van der Waals surface area (Å²) in [5.41, 5.74) is 2.11. The summed E-state index contributed by atoms with van der Waals surface area (Å²) in [5.74, 6) is 0.0847. The molecule has 0 radical (unpaired) electrons. The lowest BCUT2D eigenvalue weighted by Crippen LogP contribution is -1.97. The van der Waals surface area contributed by atoms with E-state index in [2.05, 4.69) is 0 Å². The van der Waals surface area contributed by atoms with Crippen molar-refractivity contribution in [3.8, 4) is 0 Å². The maximum absolute atomic E-state index is 12.9. The van der Waals surface area contributed by atoms with Crippen molar-refractivity contribution < 1.29 is 9.18 Å². The number of Topliss-reactive ketones (excluding diaryl/α,β-unsaturated/α-hetero) is 1. The summed E-state index contributed by atoms with van der Waals surface area (Å²) in [6, 6.07) is 4.81. The van der Waals surface area contributed by atoms with Crippen molar-refractivity contribution >= 4 is 5.78 Å². The van der Waals surface area contributed by atoms with E-state index in [0.717, 1.165) is 24.0 Å². The molecule has 0 aliphatic carbocycles. The number of rotatable bonds is 5. The van der Waals surface area contributed by atoms with E-state index in [1.807, 2.05) is 13.8 Å². The molecule has 0 bridgehead atoms. The van der Waals surface area contributed by atoms with E-state index in [1.54, 1.807) is 12.1 Å². The van der Waals surface area contributed by atoms with Crippen LogP contribution in [0.5, 0.6) is 0 Å². The Morgan fingerprint density at radius 1 is 1.40 bits per heavy atom. The molecule has 2 heteroatoms. The molecule has 0 aliphatic rings. The van der Waals surface area contributed by atoms with Gasteiger partial charge in [0.2, 0.25) is 0 Å². The minimum atomic E-state index is -0.197. The summed E-state index contributed by atoms with van der Waals surface area (Å²) in [6.07, 6.45) is 2.81. The number of carbonyl (C=O) groups excluding carboxylic acids is 1. The first kappa shape index (κ1) is 11.9. The van der Waals surface area contributed by atoms with Crippen LogP contribution in [0.25, 0.3) is 0 Å². The quantitative estimate of drug-likeness (QED) is 0.724. The summed E-state index contributed by atoms with van der Waals surface area (Å²) in [4.78, 5) is 11.1. The van der Waals surface area contributed by atoms with E-state index in [0.29, 0.717) is 12.8 Å². The maximum Gasteiger partial charge on any atom is 0.132 e. The van der Waals surface area contributed by atoms with E-state index in [4.69, 9.17) is 0 Å². The Hall–Kier alpha value is -1.18. The lowest BCUT2D eigenvalue weighted by molar-refractivity contribution is -0.118. The second kappa shape index (κ2) is 5.64. The van der Waals surface area contributed by atoms with Crippen LogP contribution in [0.3, 0.4) is 0 Å². The van der Waals surface area contributed by atoms with Gasteiger partial charge in [-0.25, -0.2) is 4.39 Å². The summed E-state index contributed by atoms with van der Waals surface area (Å²) in [7, 11) is 0. The average molecular weight is 208 g/mol. The van der Waals surface area contributed by atoms with E-state index in [9.17, 15) is 9.18 Å². The Morgan fingerprint density at radius 3 is 2.80 bits per heavy atom. The zero-order valence-electron chi connectivity index (χ0n) is 9.35. The van der Waals surface area contributed by atoms with Crippen molar-refractivity contribution in [2.75, 3.05) is 0 Å². The number of hydrogen-bond donors (Lipinski definition) is 0. The van der Waals surface area contributed by atoms with Crippen molar-refractivity contribution in [2.45, 2.75) is 39.5 Å².